The van der Waals surface area contributed by atoms with Gasteiger partial charge >= 0.3 is 11.9 Å². The number of hydrogen-bond acceptors (Lipinski definition) is 9. The highest BCUT2D eigenvalue weighted by atomic mass is 32.1. The third-order valence-corrected chi connectivity index (χ3v) is 6.84. The topological polar surface area (TPSA) is 126 Å². The van der Waals surface area contributed by atoms with Gasteiger partial charge in [0.15, 0.2) is 22.9 Å². The molecule has 1 aromatic heterocycles. The van der Waals surface area contributed by atoms with Crippen molar-refractivity contribution >= 4 is 29.4 Å². The number of thiazole rings is 1. The smallest absolute Gasteiger partial charge is 0.341 e. The second-order valence-electron chi connectivity index (χ2n) is 8.90. The van der Waals surface area contributed by atoms with Crippen LogP contribution in [-0.4, -0.2) is 48.5 Å². The molecule has 0 spiro atoms. The number of aromatic nitrogens is 1. The molecule has 2 heterocycles. The average Bonchev–Trinajstić information content (AvgIpc) is 3.20. The van der Waals surface area contributed by atoms with Crippen molar-refractivity contribution in [1.29, 1.82) is 0 Å². The van der Waals surface area contributed by atoms with Crippen molar-refractivity contribution in [3.8, 4) is 17.2 Å². The Kier molecular flexibility index (Phi) is 8.20. The van der Waals surface area contributed by atoms with E-state index in [-0.39, 0.29) is 23.0 Å². The summed E-state index contributed by atoms with van der Waals surface area (Å²) in [6, 6.07) is 11.3. The summed E-state index contributed by atoms with van der Waals surface area (Å²) in [6.07, 6.45) is 1.33. The SMILES string of the molecule is COc1ccc([C@H]2C(C(=O)OC(C)C)=C(C)N=c3s/c(=C/c4ccc(OCC(=O)O)c(OC)c4)c(=O)n32)cc1. The highest BCUT2D eigenvalue weighted by Gasteiger charge is 2.33. The van der Waals surface area contributed by atoms with E-state index in [1.807, 2.05) is 12.1 Å². The molecule has 3 aromatic rings. The molecule has 1 atom stereocenters. The molecule has 204 valence electrons. The Hall–Kier alpha value is -4.38. The van der Waals surface area contributed by atoms with Crippen molar-refractivity contribution < 1.29 is 33.6 Å². The Balaban J connectivity index is 1.85. The monoisotopic (exact) mass is 552 g/mol. The van der Waals surface area contributed by atoms with Crippen LogP contribution in [0.3, 0.4) is 0 Å². The Morgan fingerprint density at radius 2 is 1.82 bits per heavy atom. The third kappa shape index (κ3) is 5.88. The maximum atomic E-state index is 13.8. The van der Waals surface area contributed by atoms with Crippen LogP contribution in [0.5, 0.6) is 17.2 Å². The summed E-state index contributed by atoms with van der Waals surface area (Å²) in [5.74, 6) is -0.420. The van der Waals surface area contributed by atoms with E-state index in [4.69, 9.17) is 24.1 Å². The molecule has 0 amide bonds. The van der Waals surface area contributed by atoms with Gasteiger partial charge < -0.3 is 24.1 Å². The largest absolute Gasteiger partial charge is 0.497 e. The second kappa shape index (κ2) is 11.6. The van der Waals surface area contributed by atoms with Crippen LogP contribution in [0.25, 0.3) is 6.08 Å². The fourth-order valence-electron chi connectivity index (χ4n) is 4.15. The lowest BCUT2D eigenvalue weighted by Crippen LogP contribution is -2.40. The van der Waals surface area contributed by atoms with Gasteiger partial charge in [-0.05, 0) is 62.2 Å². The third-order valence-electron chi connectivity index (χ3n) is 5.85. The van der Waals surface area contributed by atoms with E-state index < -0.39 is 24.6 Å². The minimum absolute atomic E-state index is 0.266. The van der Waals surface area contributed by atoms with E-state index in [1.165, 1.54) is 23.0 Å². The van der Waals surface area contributed by atoms with Gasteiger partial charge in [0, 0.05) is 0 Å². The molecular weight excluding hydrogens is 524 g/mol. The lowest BCUT2D eigenvalue weighted by atomic mass is 9.96. The van der Waals surface area contributed by atoms with E-state index in [1.54, 1.807) is 64.3 Å². The van der Waals surface area contributed by atoms with Gasteiger partial charge in [0.25, 0.3) is 5.56 Å². The fourth-order valence-corrected chi connectivity index (χ4v) is 5.19. The Bertz CT molecular complexity index is 1620. The predicted molar refractivity (Wildman–Crippen MR) is 144 cm³/mol. The van der Waals surface area contributed by atoms with Crippen LogP contribution in [0.2, 0.25) is 0 Å². The average molecular weight is 553 g/mol. The molecule has 0 unspecified atom stereocenters. The number of rotatable bonds is 9. The molecule has 0 saturated carbocycles. The summed E-state index contributed by atoms with van der Waals surface area (Å²) in [5.41, 5.74) is 1.77. The predicted octanol–water partition coefficient (Wildman–Crippen LogP) is 2.67. The van der Waals surface area contributed by atoms with Crippen LogP contribution in [-0.2, 0) is 14.3 Å². The normalized spacial score (nSPS) is 15.0. The molecule has 1 N–H and O–H groups in total. The summed E-state index contributed by atoms with van der Waals surface area (Å²) < 4.78 is 23.3. The number of carboxylic acids is 1. The van der Waals surface area contributed by atoms with E-state index in [2.05, 4.69) is 4.99 Å². The second-order valence-corrected chi connectivity index (χ2v) is 9.91. The number of carboxylic acid groups (broad SMARTS) is 1. The van der Waals surface area contributed by atoms with Crippen LogP contribution in [0.15, 0.2) is 63.5 Å². The zero-order valence-electron chi connectivity index (χ0n) is 22.1. The number of carbonyl (C=O) groups excluding carboxylic acids is 1. The molecule has 4 rings (SSSR count). The van der Waals surface area contributed by atoms with Crippen LogP contribution >= 0.6 is 11.3 Å². The summed E-state index contributed by atoms with van der Waals surface area (Å²) in [7, 11) is 3.00. The van der Waals surface area contributed by atoms with Gasteiger partial charge in [-0.15, -0.1) is 0 Å². The number of allylic oxidation sites excluding steroid dienone is 1. The first-order valence-electron chi connectivity index (χ1n) is 12.0. The van der Waals surface area contributed by atoms with Gasteiger partial charge in [0.05, 0.1) is 42.2 Å². The minimum Gasteiger partial charge on any atom is -0.497 e. The molecule has 0 bridgehead atoms. The van der Waals surface area contributed by atoms with Gasteiger partial charge in [-0.1, -0.05) is 29.5 Å². The first-order chi connectivity index (χ1) is 18.6. The van der Waals surface area contributed by atoms with E-state index >= 15 is 0 Å². The van der Waals surface area contributed by atoms with Gasteiger partial charge in [0.2, 0.25) is 0 Å². The van der Waals surface area contributed by atoms with Crippen molar-refractivity contribution in [2.24, 2.45) is 4.99 Å². The summed E-state index contributed by atoms with van der Waals surface area (Å²) in [6.45, 7) is 4.74. The Labute approximate surface area is 228 Å². The van der Waals surface area contributed by atoms with Crippen molar-refractivity contribution in [3.63, 3.8) is 0 Å². The maximum absolute atomic E-state index is 13.8. The number of benzene rings is 2. The molecule has 10 nitrogen and oxygen atoms in total. The lowest BCUT2D eigenvalue weighted by Gasteiger charge is -2.25. The zero-order valence-corrected chi connectivity index (χ0v) is 22.9. The van der Waals surface area contributed by atoms with Gasteiger partial charge in [-0.3, -0.25) is 9.36 Å². The molecule has 1 aliphatic heterocycles. The van der Waals surface area contributed by atoms with Gasteiger partial charge in [0.1, 0.15) is 5.75 Å². The highest BCUT2D eigenvalue weighted by molar-refractivity contribution is 7.07. The molecule has 0 fully saturated rings. The lowest BCUT2D eigenvalue weighted by molar-refractivity contribution is -0.143. The van der Waals surface area contributed by atoms with Gasteiger partial charge in [-0.25, -0.2) is 14.6 Å². The number of esters is 1. The maximum Gasteiger partial charge on any atom is 0.341 e. The number of fused-ring (bicyclic) bond motifs is 1. The summed E-state index contributed by atoms with van der Waals surface area (Å²) in [4.78, 5) is 42.9. The van der Waals surface area contributed by atoms with Crippen molar-refractivity contribution in [3.05, 3.63) is 84.5 Å². The van der Waals surface area contributed by atoms with Crippen molar-refractivity contribution in [1.82, 2.24) is 4.57 Å². The number of aliphatic carboxylic acids is 1. The molecule has 0 saturated heterocycles. The quantitative estimate of drug-likeness (QED) is 0.402. The first kappa shape index (κ1) is 27.6. The molecule has 2 aromatic carbocycles. The van der Waals surface area contributed by atoms with Crippen LogP contribution in [0, 0.1) is 0 Å². The van der Waals surface area contributed by atoms with Gasteiger partial charge in [-0.2, -0.15) is 0 Å². The zero-order chi connectivity index (χ0) is 28.3. The molecule has 1 aliphatic rings. The molecule has 0 aliphatic carbocycles. The summed E-state index contributed by atoms with van der Waals surface area (Å²) >= 11 is 1.19. The molecule has 0 radical (unpaired) electrons. The highest BCUT2D eigenvalue weighted by Crippen LogP contribution is 2.32. The van der Waals surface area contributed by atoms with Crippen molar-refractivity contribution in [2.45, 2.75) is 32.9 Å². The number of nitrogens with zero attached hydrogens (tertiary/aromatic N) is 2. The Morgan fingerprint density at radius 3 is 2.44 bits per heavy atom. The number of ether oxygens (including phenoxy) is 4. The van der Waals surface area contributed by atoms with Crippen molar-refractivity contribution in [2.75, 3.05) is 20.8 Å². The van der Waals surface area contributed by atoms with E-state index in [0.717, 1.165) is 0 Å². The van der Waals surface area contributed by atoms with Crippen LogP contribution < -0.4 is 29.1 Å². The summed E-state index contributed by atoms with van der Waals surface area (Å²) in [5, 5.41) is 8.89. The Morgan fingerprint density at radius 1 is 1.10 bits per heavy atom. The van der Waals surface area contributed by atoms with E-state index in [9.17, 15) is 14.4 Å². The number of methoxy groups -OCH3 is 2. The van der Waals surface area contributed by atoms with Crippen LogP contribution in [0.1, 0.15) is 37.9 Å². The van der Waals surface area contributed by atoms with E-state index in [0.29, 0.717) is 37.7 Å². The van der Waals surface area contributed by atoms with Crippen LogP contribution in [0.4, 0.5) is 0 Å². The standard InChI is InChI=1S/C28H28N2O8S/c1-15(2)38-27(34)24-16(3)29-28-30(25(24)18-7-9-19(35-4)10-8-18)26(33)22(39-28)13-17-6-11-20(21(12-17)36-5)37-14-23(31)32/h6-13,15,25H,14H2,1-5H3,(H,31,32)/b22-13+/t25-/m0/s1. The number of carbonyl (C=O) groups is 2. The molecule has 39 heavy (non-hydrogen) atoms. The fraction of sp³-hybridized carbons (Fsp3) is 0.286. The molecular formula is C28H28N2O8S. The minimum atomic E-state index is -1.11. The first-order valence-corrected chi connectivity index (χ1v) is 12.8. The molecule has 11 heteroatoms. The number of hydrogen-bond donors (Lipinski definition) is 1.